The second-order valence-corrected chi connectivity index (χ2v) is 5.09. The molecule has 0 aromatic heterocycles. The minimum atomic E-state index is -0.371. The summed E-state index contributed by atoms with van der Waals surface area (Å²) in [6.07, 6.45) is 1.52. The highest BCUT2D eigenvalue weighted by Gasteiger charge is 2.08. The summed E-state index contributed by atoms with van der Waals surface area (Å²) in [4.78, 5) is 11.9. The molecule has 4 nitrogen and oxygen atoms in total. The summed E-state index contributed by atoms with van der Waals surface area (Å²) < 4.78 is 0. The zero-order chi connectivity index (χ0) is 15.4. The van der Waals surface area contributed by atoms with Gasteiger partial charge in [0.2, 0.25) is 0 Å². The van der Waals surface area contributed by atoms with Crippen LogP contribution in [0.1, 0.15) is 27.0 Å². The van der Waals surface area contributed by atoms with Gasteiger partial charge in [-0.05, 0) is 54.8 Å². The fourth-order valence-electron chi connectivity index (χ4n) is 1.93. The number of hydrazone groups is 1. The minimum absolute atomic E-state index is 0.271. The summed E-state index contributed by atoms with van der Waals surface area (Å²) in [6.45, 7) is 3.62. The van der Waals surface area contributed by atoms with Gasteiger partial charge in [-0.3, -0.25) is 4.79 Å². The maximum atomic E-state index is 11.9. The van der Waals surface area contributed by atoms with E-state index in [1.165, 1.54) is 6.21 Å². The summed E-state index contributed by atoms with van der Waals surface area (Å²) in [5, 5.41) is 14.0. The highest BCUT2D eigenvalue weighted by atomic mass is 35.5. The van der Waals surface area contributed by atoms with Crippen LogP contribution in [0.15, 0.2) is 41.5 Å². The Morgan fingerprint density at radius 3 is 2.48 bits per heavy atom. The van der Waals surface area contributed by atoms with Crippen molar-refractivity contribution in [3.8, 4) is 5.75 Å². The minimum Gasteiger partial charge on any atom is -0.507 e. The SMILES string of the molecule is Cc1cc(/C=N/NC(=O)c2ccccc2Cl)cc(C)c1O. The average molecular weight is 303 g/mol. The van der Waals surface area contributed by atoms with Crippen LogP contribution in [0, 0.1) is 13.8 Å². The number of aromatic hydroxyl groups is 1. The number of nitrogens with one attached hydrogen (secondary N) is 1. The lowest BCUT2D eigenvalue weighted by Crippen LogP contribution is -2.17. The molecular weight excluding hydrogens is 288 g/mol. The van der Waals surface area contributed by atoms with Crippen LogP contribution in [0.4, 0.5) is 0 Å². The van der Waals surface area contributed by atoms with E-state index in [0.29, 0.717) is 10.6 Å². The smallest absolute Gasteiger partial charge is 0.272 e. The topological polar surface area (TPSA) is 61.7 Å². The first kappa shape index (κ1) is 15.1. The summed E-state index contributed by atoms with van der Waals surface area (Å²) >= 11 is 5.93. The third-order valence-corrected chi connectivity index (χ3v) is 3.34. The van der Waals surface area contributed by atoms with Crippen LogP contribution < -0.4 is 5.43 Å². The molecule has 0 radical (unpaired) electrons. The van der Waals surface area contributed by atoms with E-state index >= 15 is 0 Å². The highest BCUT2D eigenvalue weighted by Crippen LogP contribution is 2.22. The summed E-state index contributed by atoms with van der Waals surface area (Å²) in [6, 6.07) is 10.3. The van der Waals surface area contributed by atoms with Crippen LogP contribution in [-0.2, 0) is 0 Å². The van der Waals surface area contributed by atoms with E-state index < -0.39 is 0 Å². The zero-order valence-corrected chi connectivity index (χ0v) is 12.5. The molecule has 0 atom stereocenters. The van der Waals surface area contributed by atoms with Crippen molar-refractivity contribution >= 4 is 23.7 Å². The first-order valence-electron chi connectivity index (χ1n) is 6.37. The molecule has 0 saturated carbocycles. The molecule has 0 bridgehead atoms. The Bertz CT molecular complexity index is 688. The standard InChI is InChI=1S/C16H15ClN2O2/c1-10-7-12(8-11(2)15(10)20)9-18-19-16(21)13-5-3-4-6-14(13)17/h3-9,20H,1-2H3,(H,19,21)/b18-9+. The van der Waals surface area contributed by atoms with Crippen LogP contribution in [0.5, 0.6) is 5.75 Å². The fraction of sp³-hybridized carbons (Fsp3) is 0.125. The molecule has 0 fully saturated rings. The number of hydrogen-bond acceptors (Lipinski definition) is 3. The zero-order valence-electron chi connectivity index (χ0n) is 11.7. The van der Waals surface area contributed by atoms with Crippen LogP contribution in [-0.4, -0.2) is 17.2 Å². The fourth-order valence-corrected chi connectivity index (χ4v) is 2.16. The lowest BCUT2D eigenvalue weighted by atomic mass is 10.1. The molecule has 5 heteroatoms. The Morgan fingerprint density at radius 2 is 1.86 bits per heavy atom. The summed E-state index contributed by atoms with van der Waals surface area (Å²) in [5.41, 5.74) is 5.11. The van der Waals surface area contributed by atoms with E-state index in [1.807, 2.05) is 13.8 Å². The molecule has 21 heavy (non-hydrogen) atoms. The number of aryl methyl sites for hydroxylation is 2. The number of amides is 1. The highest BCUT2D eigenvalue weighted by molar-refractivity contribution is 6.33. The number of carbonyl (C=O) groups is 1. The Kier molecular flexibility index (Phi) is 4.60. The van der Waals surface area contributed by atoms with Crippen molar-refractivity contribution in [3.05, 3.63) is 63.7 Å². The molecule has 0 aliphatic carbocycles. The van der Waals surface area contributed by atoms with E-state index in [0.717, 1.165) is 16.7 Å². The molecule has 2 N–H and O–H groups in total. The Hall–Kier alpha value is -2.33. The van der Waals surface area contributed by atoms with Crippen molar-refractivity contribution in [1.29, 1.82) is 0 Å². The van der Waals surface area contributed by atoms with E-state index in [2.05, 4.69) is 10.5 Å². The Morgan fingerprint density at radius 1 is 1.24 bits per heavy atom. The van der Waals surface area contributed by atoms with Crippen molar-refractivity contribution in [2.75, 3.05) is 0 Å². The normalized spacial score (nSPS) is 10.8. The number of phenolic OH excluding ortho intramolecular Hbond substituents is 1. The van der Waals surface area contributed by atoms with E-state index in [-0.39, 0.29) is 11.7 Å². The predicted octanol–water partition coefficient (Wildman–Crippen LogP) is 3.43. The van der Waals surface area contributed by atoms with Gasteiger partial charge in [-0.15, -0.1) is 0 Å². The first-order chi connectivity index (χ1) is 9.99. The number of phenols is 1. The number of rotatable bonds is 3. The van der Waals surface area contributed by atoms with Crippen molar-refractivity contribution in [2.45, 2.75) is 13.8 Å². The predicted molar refractivity (Wildman–Crippen MR) is 84.1 cm³/mol. The van der Waals surface area contributed by atoms with Crippen molar-refractivity contribution < 1.29 is 9.90 Å². The maximum absolute atomic E-state index is 11.9. The van der Waals surface area contributed by atoms with Gasteiger partial charge in [-0.25, -0.2) is 5.43 Å². The van der Waals surface area contributed by atoms with Gasteiger partial charge in [0, 0.05) is 0 Å². The van der Waals surface area contributed by atoms with Gasteiger partial charge in [-0.2, -0.15) is 5.10 Å². The lowest BCUT2D eigenvalue weighted by Gasteiger charge is -2.05. The Labute approximate surface area is 128 Å². The number of nitrogens with zero attached hydrogens (tertiary/aromatic N) is 1. The molecule has 0 saturated heterocycles. The molecule has 0 aliphatic heterocycles. The van der Waals surface area contributed by atoms with Gasteiger partial charge in [0.15, 0.2) is 0 Å². The molecule has 0 unspecified atom stereocenters. The second-order valence-electron chi connectivity index (χ2n) is 4.68. The van der Waals surface area contributed by atoms with Gasteiger partial charge in [0.05, 0.1) is 16.8 Å². The van der Waals surface area contributed by atoms with Crippen molar-refractivity contribution in [3.63, 3.8) is 0 Å². The molecule has 0 heterocycles. The van der Waals surface area contributed by atoms with Crippen LogP contribution in [0.2, 0.25) is 5.02 Å². The number of benzene rings is 2. The number of hydrogen-bond donors (Lipinski definition) is 2. The third-order valence-electron chi connectivity index (χ3n) is 3.01. The molecule has 0 spiro atoms. The Balaban J connectivity index is 2.10. The van der Waals surface area contributed by atoms with Crippen LogP contribution in [0.25, 0.3) is 0 Å². The van der Waals surface area contributed by atoms with E-state index in [4.69, 9.17) is 11.6 Å². The van der Waals surface area contributed by atoms with E-state index in [1.54, 1.807) is 36.4 Å². The number of halogens is 1. The first-order valence-corrected chi connectivity index (χ1v) is 6.75. The summed E-state index contributed by atoms with van der Waals surface area (Å²) in [7, 11) is 0. The lowest BCUT2D eigenvalue weighted by molar-refractivity contribution is 0.0955. The molecule has 2 rings (SSSR count). The molecular formula is C16H15ClN2O2. The van der Waals surface area contributed by atoms with Gasteiger partial charge in [0.1, 0.15) is 5.75 Å². The molecule has 0 aliphatic rings. The van der Waals surface area contributed by atoms with Crippen molar-refractivity contribution in [1.82, 2.24) is 5.43 Å². The van der Waals surface area contributed by atoms with Gasteiger partial charge in [-0.1, -0.05) is 23.7 Å². The summed E-state index contributed by atoms with van der Waals surface area (Å²) in [5.74, 6) is -0.101. The largest absolute Gasteiger partial charge is 0.507 e. The molecule has 108 valence electrons. The molecule has 2 aromatic carbocycles. The van der Waals surface area contributed by atoms with Gasteiger partial charge < -0.3 is 5.11 Å². The third kappa shape index (κ3) is 3.61. The van der Waals surface area contributed by atoms with Crippen LogP contribution >= 0.6 is 11.6 Å². The second kappa shape index (κ2) is 6.41. The van der Waals surface area contributed by atoms with Gasteiger partial charge in [0.25, 0.3) is 5.91 Å². The van der Waals surface area contributed by atoms with Gasteiger partial charge >= 0.3 is 0 Å². The van der Waals surface area contributed by atoms with Crippen molar-refractivity contribution in [2.24, 2.45) is 5.10 Å². The van der Waals surface area contributed by atoms with Crippen LogP contribution in [0.3, 0.4) is 0 Å². The molecule has 1 amide bonds. The molecule has 2 aromatic rings. The monoisotopic (exact) mass is 302 g/mol. The average Bonchev–Trinajstić information content (AvgIpc) is 2.45. The quantitative estimate of drug-likeness (QED) is 0.674. The van der Waals surface area contributed by atoms with E-state index in [9.17, 15) is 9.90 Å². The maximum Gasteiger partial charge on any atom is 0.272 e. The number of carbonyl (C=O) groups excluding carboxylic acids is 1.